The average molecular weight is 355 g/mol. The number of benzene rings is 1. The second-order valence-corrected chi connectivity index (χ2v) is 6.09. The number of anilines is 2. The zero-order valence-electron chi connectivity index (χ0n) is 13.1. The molecule has 24 heavy (non-hydrogen) atoms. The van der Waals surface area contributed by atoms with E-state index in [1.807, 2.05) is 4.90 Å². The lowest BCUT2D eigenvalue weighted by Crippen LogP contribution is -2.44. The Morgan fingerprint density at radius 2 is 1.83 bits per heavy atom. The summed E-state index contributed by atoms with van der Waals surface area (Å²) in [5.74, 6) is -0.854. The van der Waals surface area contributed by atoms with Gasteiger partial charge in [0.1, 0.15) is 23.6 Å². The fourth-order valence-electron chi connectivity index (χ4n) is 3.09. The number of nitrogens with zero attached hydrogens (tertiary/aromatic N) is 3. The van der Waals surface area contributed by atoms with E-state index in [1.54, 1.807) is 7.05 Å². The predicted molar refractivity (Wildman–Crippen MR) is 88.3 cm³/mol. The number of piperidine rings is 1. The molecule has 1 saturated heterocycles. The summed E-state index contributed by atoms with van der Waals surface area (Å²) in [6.07, 6.45) is 1.71. The van der Waals surface area contributed by atoms with Crippen LogP contribution in [0.3, 0.4) is 0 Å². The van der Waals surface area contributed by atoms with Gasteiger partial charge in [0, 0.05) is 20.1 Å². The minimum Gasteiger partial charge on any atom is -0.385 e. The zero-order valence-corrected chi connectivity index (χ0v) is 13.8. The number of hydrogen-bond acceptors (Lipinski definition) is 5. The molecule has 0 bridgehead atoms. The molecule has 0 saturated carbocycles. The van der Waals surface area contributed by atoms with E-state index in [0.29, 0.717) is 29.7 Å². The molecule has 0 atom stereocenters. The van der Waals surface area contributed by atoms with Crippen molar-refractivity contribution in [2.45, 2.75) is 18.4 Å². The number of aliphatic hydroxyl groups is 1. The van der Waals surface area contributed by atoms with E-state index in [0.717, 1.165) is 12.1 Å². The summed E-state index contributed by atoms with van der Waals surface area (Å²) < 4.78 is 28.0. The van der Waals surface area contributed by atoms with Gasteiger partial charge in [-0.3, -0.25) is 0 Å². The lowest BCUT2D eigenvalue weighted by Gasteiger charge is -2.39. The molecular formula is C16H17ClF2N4O. The molecular weight excluding hydrogens is 338 g/mol. The van der Waals surface area contributed by atoms with Crippen LogP contribution in [0, 0.1) is 11.6 Å². The molecule has 1 fully saturated rings. The molecule has 8 heteroatoms. The van der Waals surface area contributed by atoms with Crippen molar-refractivity contribution >= 4 is 23.1 Å². The van der Waals surface area contributed by atoms with E-state index in [1.165, 1.54) is 12.4 Å². The van der Waals surface area contributed by atoms with Crippen molar-refractivity contribution in [3.63, 3.8) is 0 Å². The average Bonchev–Trinajstić information content (AvgIpc) is 2.55. The molecule has 2 N–H and O–H groups in total. The highest BCUT2D eigenvalue weighted by Crippen LogP contribution is 2.38. The van der Waals surface area contributed by atoms with Gasteiger partial charge in [0.05, 0.1) is 11.2 Å². The Balaban J connectivity index is 1.85. The van der Waals surface area contributed by atoms with Crippen LogP contribution in [0.25, 0.3) is 0 Å². The molecule has 128 valence electrons. The van der Waals surface area contributed by atoms with E-state index in [2.05, 4.69) is 15.3 Å². The van der Waals surface area contributed by atoms with Crippen molar-refractivity contribution in [3.8, 4) is 0 Å². The number of halogens is 3. The summed E-state index contributed by atoms with van der Waals surface area (Å²) >= 11 is 6.05. The second kappa shape index (κ2) is 6.49. The van der Waals surface area contributed by atoms with Gasteiger partial charge in [0.25, 0.3) is 0 Å². The van der Waals surface area contributed by atoms with E-state index < -0.39 is 17.2 Å². The Morgan fingerprint density at radius 3 is 2.42 bits per heavy atom. The summed E-state index contributed by atoms with van der Waals surface area (Å²) in [7, 11) is 1.71. The van der Waals surface area contributed by atoms with Crippen LogP contribution in [-0.4, -0.2) is 35.2 Å². The van der Waals surface area contributed by atoms with Crippen LogP contribution in [0.5, 0.6) is 0 Å². The van der Waals surface area contributed by atoms with Crippen molar-refractivity contribution in [2.24, 2.45) is 0 Å². The third-order valence-electron chi connectivity index (χ3n) is 4.35. The van der Waals surface area contributed by atoms with Crippen LogP contribution in [0.15, 0.2) is 24.5 Å². The molecule has 0 aliphatic carbocycles. The Morgan fingerprint density at radius 1 is 1.21 bits per heavy atom. The summed E-state index contributed by atoms with van der Waals surface area (Å²) in [5, 5.41) is 14.0. The number of hydrogen-bond donors (Lipinski definition) is 2. The van der Waals surface area contributed by atoms with E-state index in [-0.39, 0.29) is 18.4 Å². The smallest absolute Gasteiger partial charge is 0.157 e. The maximum Gasteiger partial charge on any atom is 0.157 e. The first-order chi connectivity index (χ1) is 11.5. The third-order valence-corrected chi connectivity index (χ3v) is 4.64. The van der Waals surface area contributed by atoms with E-state index in [9.17, 15) is 13.9 Å². The van der Waals surface area contributed by atoms with E-state index >= 15 is 0 Å². The minimum absolute atomic E-state index is 0.176. The van der Waals surface area contributed by atoms with Crippen molar-refractivity contribution in [1.29, 1.82) is 0 Å². The molecule has 1 aliphatic rings. The monoisotopic (exact) mass is 354 g/mol. The Bertz CT molecular complexity index is 731. The van der Waals surface area contributed by atoms with Crippen molar-refractivity contribution in [2.75, 3.05) is 30.4 Å². The van der Waals surface area contributed by atoms with Crippen molar-refractivity contribution in [3.05, 3.63) is 46.9 Å². The topological polar surface area (TPSA) is 61.3 Å². The van der Waals surface area contributed by atoms with Gasteiger partial charge < -0.3 is 15.3 Å². The normalized spacial score (nSPS) is 17.0. The number of nitrogens with one attached hydrogen (secondary N) is 1. The summed E-state index contributed by atoms with van der Waals surface area (Å²) in [6.45, 7) is 0.762. The fourth-order valence-corrected chi connectivity index (χ4v) is 3.31. The summed E-state index contributed by atoms with van der Waals surface area (Å²) in [4.78, 5) is 10.1. The van der Waals surface area contributed by atoms with Crippen LogP contribution >= 0.6 is 11.6 Å². The fraction of sp³-hybridized carbons (Fsp3) is 0.375. The largest absolute Gasteiger partial charge is 0.385 e. The molecule has 2 aromatic rings. The summed E-state index contributed by atoms with van der Waals surface area (Å²) in [5.41, 5.74) is -1.22. The Labute approximate surface area is 143 Å². The maximum atomic E-state index is 14.0. The highest BCUT2D eigenvalue weighted by molar-refractivity contribution is 6.32. The molecule has 1 aromatic carbocycles. The van der Waals surface area contributed by atoms with Gasteiger partial charge in [-0.05, 0) is 25.0 Å². The first-order valence-electron chi connectivity index (χ1n) is 7.56. The lowest BCUT2D eigenvalue weighted by molar-refractivity contribution is 0.00494. The molecule has 1 aliphatic heterocycles. The Kier molecular flexibility index (Phi) is 4.56. The minimum atomic E-state index is -1.54. The SMILES string of the molecule is CNc1c(Cl)ncnc1N1CCC(O)(c2c(F)cccc2F)CC1. The first-order valence-corrected chi connectivity index (χ1v) is 7.94. The molecule has 0 amide bonds. The van der Waals surface area contributed by atoms with Gasteiger partial charge in [-0.15, -0.1) is 0 Å². The third kappa shape index (κ3) is 2.89. The lowest BCUT2D eigenvalue weighted by atomic mass is 9.83. The highest BCUT2D eigenvalue weighted by Gasteiger charge is 2.39. The standard InChI is InChI=1S/C16H17ClF2N4O/c1-20-13-14(17)21-9-22-15(13)23-7-5-16(24,6-8-23)12-10(18)3-2-4-11(12)19/h2-4,9,20,24H,5-8H2,1H3. The van der Waals surface area contributed by atoms with Gasteiger partial charge in [-0.1, -0.05) is 17.7 Å². The molecule has 2 heterocycles. The van der Waals surface area contributed by atoms with Gasteiger partial charge in [0.2, 0.25) is 0 Å². The van der Waals surface area contributed by atoms with Crippen molar-refractivity contribution in [1.82, 2.24) is 9.97 Å². The number of aromatic nitrogens is 2. The number of rotatable bonds is 3. The van der Waals surface area contributed by atoms with Gasteiger partial charge in [-0.25, -0.2) is 18.7 Å². The molecule has 5 nitrogen and oxygen atoms in total. The zero-order chi connectivity index (χ0) is 17.3. The van der Waals surface area contributed by atoms with Crippen molar-refractivity contribution < 1.29 is 13.9 Å². The second-order valence-electron chi connectivity index (χ2n) is 5.73. The van der Waals surface area contributed by atoms with Gasteiger partial charge in [0.15, 0.2) is 11.0 Å². The van der Waals surface area contributed by atoms with E-state index in [4.69, 9.17) is 11.6 Å². The molecule has 3 rings (SSSR count). The quantitative estimate of drug-likeness (QED) is 0.830. The van der Waals surface area contributed by atoms with Crippen LogP contribution < -0.4 is 10.2 Å². The molecule has 0 spiro atoms. The van der Waals surface area contributed by atoms with Crippen LogP contribution in [0.4, 0.5) is 20.3 Å². The van der Waals surface area contributed by atoms with Crippen LogP contribution in [0.1, 0.15) is 18.4 Å². The summed E-state index contributed by atoms with van der Waals surface area (Å²) in [6, 6.07) is 3.60. The molecule has 0 radical (unpaired) electrons. The van der Waals surface area contributed by atoms with Crippen LogP contribution in [0.2, 0.25) is 5.15 Å². The predicted octanol–water partition coefficient (Wildman–Crippen LogP) is 2.94. The first kappa shape index (κ1) is 16.9. The highest BCUT2D eigenvalue weighted by atomic mass is 35.5. The molecule has 0 unspecified atom stereocenters. The van der Waals surface area contributed by atoms with Gasteiger partial charge >= 0.3 is 0 Å². The van der Waals surface area contributed by atoms with Crippen LogP contribution in [-0.2, 0) is 5.60 Å². The molecule has 1 aromatic heterocycles. The maximum absolute atomic E-state index is 14.0. The van der Waals surface area contributed by atoms with Gasteiger partial charge in [-0.2, -0.15) is 0 Å². The Hall–Kier alpha value is -1.99.